The SMILES string of the molecule is C=C(c1ccccc1)c1cccc(CCCCl)c1. The first kappa shape index (κ1) is 12.9. The monoisotopic (exact) mass is 256 g/mol. The van der Waals surface area contributed by atoms with Crippen LogP contribution in [0.25, 0.3) is 5.57 Å². The number of benzene rings is 2. The van der Waals surface area contributed by atoms with E-state index in [4.69, 9.17) is 11.6 Å². The fraction of sp³-hybridized carbons (Fsp3) is 0.176. The molecule has 0 aliphatic rings. The Labute approximate surface area is 114 Å². The molecular weight excluding hydrogens is 240 g/mol. The Morgan fingerprint density at radius 3 is 2.39 bits per heavy atom. The molecule has 1 heteroatoms. The van der Waals surface area contributed by atoms with Gasteiger partial charge in [-0.25, -0.2) is 0 Å². The molecule has 0 aromatic heterocycles. The van der Waals surface area contributed by atoms with Crippen molar-refractivity contribution < 1.29 is 0 Å². The Bertz CT molecular complexity index is 514. The number of hydrogen-bond donors (Lipinski definition) is 0. The van der Waals surface area contributed by atoms with E-state index in [0.29, 0.717) is 5.88 Å². The molecule has 0 unspecified atom stereocenters. The molecular formula is C17H17Cl. The summed E-state index contributed by atoms with van der Waals surface area (Å²) >= 11 is 5.73. The average Bonchev–Trinajstić information content (AvgIpc) is 2.45. The molecule has 92 valence electrons. The van der Waals surface area contributed by atoms with E-state index in [1.807, 2.05) is 18.2 Å². The van der Waals surface area contributed by atoms with Crippen molar-refractivity contribution in [1.82, 2.24) is 0 Å². The maximum absolute atomic E-state index is 5.73. The number of halogens is 1. The van der Waals surface area contributed by atoms with E-state index >= 15 is 0 Å². The van der Waals surface area contributed by atoms with Gasteiger partial charge in [-0.2, -0.15) is 0 Å². The second-order valence-corrected chi connectivity index (χ2v) is 4.72. The van der Waals surface area contributed by atoms with Gasteiger partial charge in [-0.1, -0.05) is 61.2 Å². The lowest BCUT2D eigenvalue weighted by molar-refractivity contribution is 0.928. The highest BCUT2D eigenvalue weighted by molar-refractivity contribution is 6.17. The van der Waals surface area contributed by atoms with Crippen LogP contribution in [0.15, 0.2) is 61.2 Å². The molecule has 0 fully saturated rings. The predicted octanol–water partition coefficient (Wildman–Crippen LogP) is 4.92. The summed E-state index contributed by atoms with van der Waals surface area (Å²) in [7, 11) is 0. The molecule has 0 saturated carbocycles. The highest BCUT2D eigenvalue weighted by Gasteiger charge is 2.02. The molecule has 0 amide bonds. The molecule has 0 N–H and O–H groups in total. The van der Waals surface area contributed by atoms with E-state index < -0.39 is 0 Å². The molecule has 0 radical (unpaired) electrons. The standard InChI is InChI=1S/C17H17Cl/c1-14(16-9-3-2-4-10-16)17-11-5-7-15(13-17)8-6-12-18/h2-5,7,9-11,13H,1,6,8,12H2. The molecule has 0 atom stereocenters. The van der Waals surface area contributed by atoms with Gasteiger partial charge in [-0.3, -0.25) is 0 Å². The van der Waals surface area contributed by atoms with Crippen LogP contribution >= 0.6 is 11.6 Å². The van der Waals surface area contributed by atoms with Crippen molar-refractivity contribution in [3.05, 3.63) is 77.9 Å². The highest BCUT2D eigenvalue weighted by Crippen LogP contribution is 2.22. The van der Waals surface area contributed by atoms with Gasteiger partial charge in [0.1, 0.15) is 0 Å². The van der Waals surface area contributed by atoms with Crippen LogP contribution < -0.4 is 0 Å². The van der Waals surface area contributed by atoms with Crippen molar-refractivity contribution in [3.8, 4) is 0 Å². The first-order valence-corrected chi connectivity index (χ1v) is 6.74. The topological polar surface area (TPSA) is 0 Å². The third-order valence-corrected chi connectivity index (χ3v) is 3.26. The molecule has 0 saturated heterocycles. The van der Waals surface area contributed by atoms with Crippen LogP contribution in [-0.2, 0) is 6.42 Å². The zero-order valence-electron chi connectivity index (χ0n) is 10.4. The summed E-state index contributed by atoms with van der Waals surface area (Å²) in [6.45, 7) is 4.19. The molecule has 0 aliphatic heterocycles. The van der Waals surface area contributed by atoms with Gasteiger partial charge in [-0.15, -0.1) is 11.6 Å². The zero-order chi connectivity index (χ0) is 12.8. The van der Waals surface area contributed by atoms with Crippen LogP contribution in [0, 0.1) is 0 Å². The lowest BCUT2D eigenvalue weighted by Crippen LogP contribution is -1.90. The summed E-state index contributed by atoms with van der Waals surface area (Å²) in [5, 5.41) is 0. The normalized spacial score (nSPS) is 10.3. The Balaban J connectivity index is 2.20. The van der Waals surface area contributed by atoms with Crippen LogP contribution in [0.4, 0.5) is 0 Å². The molecule has 2 aromatic rings. The van der Waals surface area contributed by atoms with Crippen molar-refractivity contribution in [2.24, 2.45) is 0 Å². The van der Waals surface area contributed by atoms with Crippen LogP contribution in [0.1, 0.15) is 23.1 Å². The number of hydrogen-bond acceptors (Lipinski definition) is 0. The van der Waals surface area contributed by atoms with Gasteiger partial charge in [0.15, 0.2) is 0 Å². The minimum absolute atomic E-state index is 0.712. The third-order valence-electron chi connectivity index (χ3n) is 3.00. The van der Waals surface area contributed by atoms with E-state index in [1.54, 1.807) is 0 Å². The predicted molar refractivity (Wildman–Crippen MR) is 80.1 cm³/mol. The molecule has 18 heavy (non-hydrogen) atoms. The summed E-state index contributed by atoms with van der Waals surface area (Å²) < 4.78 is 0. The Kier molecular flexibility index (Phi) is 4.60. The van der Waals surface area contributed by atoms with Crippen molar-refractivity contribution in [2.75, 3.05) is 5.88 Å². The van der Waals surface area contributed by atoms with E-state index in [-0.39, 0.29) is 0 Å². The van der Waals surface area contributed by atoms with Gasteiger partial charge < -0.3 is 0 Å². The number of alkyl halides is 1. The lowest BCUT2D eigenvalue weighted by Gasteiger charge is -2.08. The summed E-state index contributed by atoms with van der Waals surface area (Å²) in [4.78, 5) is 0. The largest absolute Gasteiger partial charge is 0.127 e. The van der Waals surface area contributed by atoms with E-state index in [2.05, 4.69) is 43.0 Å². The van der Waals surface area contributed by atoms with Crippen LogP contribution in [0.2, 0.25) is 0 Å². The van der Waals surface area contributed by atoms with Gasteiger partial charge in [0.05, 0.1) is 0 Å². The minimum atomic E-state index is 0.712. The minimum Gasteiger partial charge on any atom is -0.127 e. The van der Waals surface area contributed by atoms with Crippen molar-refractivity contribution >= 4 is 17.2 Å². The quantitative estimate of drug-likeness (QED) is 0.666. The van der Waals surface area contributed by atoms with Gasteiger partial charge in [-0.05, 0) is 35.1 Å². The molecule has 0 bridgehead atoms. The molecule has 2 aromatic carbocycles. The number of aryl methyl sites for hydroxylation is 1. The van der Waals surface area contributed by atoms with Crippen LogP contribution in [-0.4, -0.2) is 5.88 Å². The average molecular weight is 257 g/mol. The maximum atomic E-state index is 5.73. The smallest absolute Gasteiger partial charge is 0.0226 e. The lowest BCUT2D eigenvalue weighted by atomic mass is 9.97. The molecule has 0 aliphatic carbocycles. The molecule has 2 rings (SSSR count). The van der Waals surface area contributed by atoms with E-state index in [1.165, 1.54) is 16.7 Å². The van der Waals surface area contributed by atoms with Gasteiger partial charge in [0.2, 0.25) is 0 Å². The zero-order valence-corrected chi connectivity index (χ0v) is 11.2. The first-order chi connectivity index (χ1) is 8.81. The van der Waals surface area contributed by atoms with Crippen LogP contribution in [0.3, 0.4) is 0 Å². The Morgan fingerprint density at radius 2 is 1.67 bits per heavy atom. The van der Waals surface area contributed by atoms with Crippen molar-refractivity contribution in [1.29, 1.82) is 0 Å². The summed E-state index contributed by atoms with van der Waals surface area (Å²) in [5.41, 5.74) is 4.76. The Hall–Kier alpha value is -1.53. The molecule has 0 spiro atoms. The van der Waals surface area contributed by atoms with Gasteiger partial charge in [0, 0.05) is 5.88 Å². The van der Waals surface area contributed by atoms with Crippen LogP contribution in [0.5, 0.6) is 0 Å². The fourth-order valence-electron chi connectivity index (χ4n) is 1.99. The number of rotatable bonds is 5. The second kappa shape index (κ2) is 6.42. The summed E-state index contributed by atoms with van der Waals surface area (Å²) in [6, 6.07) is 18.8. The van der Waals surface area contributed by atoms with Crippen molar-refractivity contribution in [3.63, 3.8) is 0 Å². The third kappa shape index (κ3) is 3.24. The maximum Gasteiger partial charge on any atom is 0.0226 e. The van der Waals surface area contributed by atoms with Crippen molar-refractivity contribution in [2.45, 2.75) is 12.8 Å². The second-order valence-electron chi connectivity index (χ2n) is 4.34. The Morgan fingerprint density at radius 1 is 0.944 bits per heavy atom. The summed E-state index contributed by atoms with van der Waals surface area (Å²) in [5.74, 6) is 0.712. The van der Waals surface area contributed by atoms with Gasteiger partial charge >= 0.3 is 0 Å². The van der Waals surface area contributed by atoms with E-state index in [0.717, 1.165) is 18.4 Å². The molecule has 0 nitrogen and oxygen atoms in total. The van der Waals surface area contributed by atoms with Gasteiger partial charge in [0.25, 0.3) is 0 Å². The first-order valence-electron chi connectivity index (χ1n) is 6.21. The summed E-state index contributed by atoms with van der Waals surface area (Å²) in [6.07, 6.45) is 2.04. The molecule has 0 heterocycles. The highest BCUT2D eigenvalue weighted by atomic mass is 35.5. The fourth-order valence-corrected chi connectivity index (χ4v) is 2.13. The van der Waals surface area contributed by atoms with E-state index in [9.17, 15) is 0 Å².